The largest absolute Gasteiger partial charge is 0.328 e. The zero-order valence-electron chi connectivity index (χ0n) is 8.22. The molecule has 17 heavy (non-hydrogen) atoms. The Balaban J connectivity index is 2.29. The average molecular weight is 312 g/mol. The molecule has 0 aromatic heterocycles. The molecule has 0 fully saturated rings. The van der Waals surface area contributed by atoms with E-state index < -0.39 is 5.25 Å². The van der Waals surface area contributed by atoms with Gasteiger partial charge < -0.3 is 10.6 Å². The summed E-state index contributed by atoms with van der Waals surface area (Å²) in [6.45, 7) is 0. The fourth-order valence-corrected chi connectivity index (χ4v) is 2.23. The molecular weight excluding hydrogens is 306 g/mol. The second-order valence-electron chi connectivity index (χ2n) is 3.12. The molecule has 0 saturated heterocycles. The molecule has 2 rings (SSSR count). The minimum atomic E-state index is -1.50. The predicted octanol–water partition coefficient (Wildman–Crippen LogP) is 3.39. The van der Waals surface area contributed by atoms with Crippen molar-refractivity contribution in [3.05, 3.63) is 29.3 Å². The van der Waals surface area contributed by atoms with Gasteiger partial charge in [0.05, 0.1) is 10.7 Å². The summed E-state index contributed by atoms with van der Waals surface area (Å²) in [6.07, 6.45) is 0. The van der Waals surface area contributed by atoms with Crippen LogP contribution in [0.1, 0.15) is 0 Å². The van der Waals surface area contributed by atoms with Gasteiger partial charge >= 0.3 is 5.25 Å². The molecule has 0 aliphatic carbocycles. The minimum Gasteiger partial charge on any atom is -0.328 e. The third-order valence-electron chi connectivity index (χ3n) is 1.87. The van der Waals surface area contributed by atoms with Crippen LogP contribution < -0.4 is 10.6 Å². The Bertz CT molecular complexity index is 482. The Morgan fingerprint density at radius 3 is 2.24 bits per heavy atom. The Labute approximate surface area is 118 Å². The van der Waals surface area contributed by atoms with Crippen LogP contribution in [-0.4, -0.2) is 15.8 Å². The van der Waals surface area contributed by atoms with E-state index in [2.05, 4.69) is 20.6 Å². The SMILES string of the molecule is ClC1=NC(Cl)(Nc2ccccc2Cl)N=C(Cl)N1. The van der Waals surface area contributed by atoms with E-state index >= 15 is 0 Å². The number of alkyl halides is 1. The van der Waals surface area contributed by atoms with Gasteiger partial charge in [0.15, 0.2) is 0 Å². The molecule has 0 spiro atoms. The number of benzene rings is 1. The van der Waals surface area contributed by atoms with Crippen LogP contribution in [0.2, 0.25) is 5.02 Å². The molecule has 0 atom stereocenters. The quantitative estimate of drug-likeness (QED) is 0.649. The Morgan fingerprint density at radius 1 is 1.06 bits per heavy atom. The summed E-state index contributed by atoms with van der Waals surface area (Å²) in [6, 6.07) is 7.04. The highest BCUT2D eigenvalue weighted by molar-refractivity contribution is 6.73. The van der Waals surface area contributed by atoms with E-state index in [9.17, 15) is 0 Å². The fourth-order valence-electron chi connectivity index (χ4n) is 1.22. The number of anilines is 1. The third kappa shape index (κ3) is 3.16. The van der Waals surface area contributed by atoms with Crippen molar-refractivity contribution in [2.24, 2.45) is 9.98 Å². The normalized spacial score (nSPS) is 17.9. The van der Waals surface area contributed by atoms with Gasteiger partial charge in [-0.1, -0.05) is 23.7 Å². The zero-order valence-corrected chi connectivity index (χ0v) is 11.2. The predicted molar refractivity (Wildman–Crippen MR) is 73.4 cm³/mol. The third-order valence-corrected chi connectivity index (χ3v) is 2.82. The van der Waals surface area contributed by atoms with Gasteiger partial charge in [-0.15, -0.1) is 0 Å². The van der Waals surface area contributed by atoms with Crippen molar-refractivity contribution in [2.45, 2.75) is 5.25 Å². The Hall–Kier alpha value is -0.680. The molecule has 1 aromatic rings. The first kappa shape index (κ1) is 12.8. The fraction of sp³-hybridized carbons (Fsp3) is 0.111. The lowest BCUT2D eigenvalue weighted by Gasteiger charge is -2.25. The summed E-state index contributed by atoms with van der Waals surface area (Å²) in [5.41, 5.74) is 0.576. The molecule has 0 amide bonds. The van der Waals surface area contributed by atoms with Crippen LogP contribution >= 0.6 is 46.4 Å². The van der Waals surface area contributed by atoms with Gasteiger partial charge in [0.2, 0.25) is 10.6 Å². The number of aliphatic imine (C=N–C) groups is 2. The van der Waals surface area contributed by atoms with Crippen molar-refractivity contribution < 1.29 is 0 Å². The van der Waals surface area contributed by atoms with Crippen molar-refractivity contribution in [1.29, 1.82) is 0 Å². The Morgan fingerprint density at radius 2 is 1.65 bits per heavy atom. The number of hydrogen-bond acceptors (Lipinski definition) is 4. The summed E-state index contributed by atoms with van der Waals surface area (Å²) < 4.78 is 0. The van der Waals surface area contributed by atoms with Crippen molar-refractivity contribution in [2.75, 3.05) is 5.32 Å². The highest BCUT2D eigenvalue weighted by Crippen LogP contribution is 2.29. The second-order valence-corrected chi connectivity index (χ2v) is 4.77. The number of para-hydroxylation sites is 1. The number of nitrogens with zero attached hydrogens (tertiary/aromatic N) is 2. The van der Waals surface area contributed by atoms with Crippen LogP contribution in [0.25, 0.3) is 0 Å². The van der Waals surface area contributed by atoms with Gasteiger partial charge in [-0.2, -0.15) is 9.98 Å². The van der Waals surface area contributed by atoms with Crippen molar-refractivity contribution >= 4 is 62.7 Å². The lowest BCUT2D eigenvalue weighted by molar-refractivity contribution is 0.714. The van der Waals surface area contributed by atoms with Gasteiger partial charge in [-0.3, -0.25) is 0 Å². The zero-order chi connectivity index (χ0) is 12.5. The summed E-state index contributed by atoms with van der Waals surface area (Å²) in [5, 5.41) is 4.42. The maximum absolute atomic E-state index is 6.12. The molecule has 0 bridgehead atoms. The van der Waals surface area contributed by atoms with E-state index in [-0.39, 0.29) is 10.6 Å². The van der Waals surface area contributed by atoms with E-state index in [4.69, 9.17) is 46.4 Å². The topological polar surface area (TPSA) is 48.8 Å². The van der Waals surface area contributed by atoms with E-state index in [1.54, 1.807) is 24.3 Å². The average Bonchev–Trinajstić information content (AvgIpc) is 2.19. The number of halogens is 4. The number of rotatable bonds is 2. The standard InChI is InChI=1S/C9H6Cl4N4/c10-5-3-1-2-4-6(5)15-9(13)16-7(11)14-8(12)17-9/h1-4,15H,(H,14,16,17). The first-order valence-corrected chi connectivity index (χ1v) is 5.99. The minimum absolute atomic E-state index is 0.0413. The lowest BCUT2D eigenvalue weighted by atomic mass is 10.3. The molecule has 0 unspecified atom stereocenters. The summed E-state index contributed by atoms with van der Waals surface area (Å²) in [7, 11) is 0. The molecule has 1 heterocycles. The van der Waals surface area contributed by atoms with E-state index in [0.29, 0.717) is 10.7 Å². The summed E-state index contributed by atoms with van der Waals surface area (Å²) in [5.74, 6) is 0. The lowest BCUT2D eigenvalue weighted by Crippen LogP contribution is -2.39. The monoisotopic (exact) mass is 310 g/mol. The highest BCUT2D eigenvalue weighted by Gasteiger charge is 2.30. The van der Waals surface area contributed by atoms with E-state index in [1.165, 1.54) is 0 Å². The molecule has 1 aliphatic rings. The van der Waals surface area contributed by atoms with Crippen LogP contribution in [0.3, 0.4) is 0 Å². The maximum atomic E-state index is 6.12. The van der Waals surface area contributed by atoms with Crippen LogP contribution in [0.5, 0.6) is 0 Å². The molecular formula is C9H6Cl4N4. The van der Waals surface area contributed by atoms with Crippen molar-refractivity contribution in [3.8, 4) is 0 Å². The van der Waals surface area contributed by atoms with E-state index in [1.807, 2.05) is 0 Å². The molecule has 0 saturated carbocycles. The van der Waals surface area contributed by atoms with Crippen LogP contribution in [0.15, 0.2) is 34.3 Å². The molecule has 1 aliphatic heterocycles. The summed E-state index contributed by atoms with van der Waals surface area (Å²) in [4.78, 5) is 7.79. The molecule has 8 heteroatoms. The molecule has 4 nitrogen and oxygen atoms in total. The van der Waals surface area contributed by atoms with Crippen LogP contribution in [0.4, 0.5) is 5.69 Å². The van der Waals surface area contributed by atoms with Gasteiger partial charge in [0.1, 0.15) is 0 Å². The highest BCUT2D eigenvalue weighted by atomic mass is 35.5. The first-order valence-electron chi connectivity index (χ1n) is 4.48. The maximum Gasteiger partial charge on any atom is 0.311 e. The molecule has 0 radical (unpaired) electrons. The van der Waals surface area contributed by atoms with Gasteiger partial charge in [-0.05, 0) is 46.9 Å². The smallest absolute Gasteiger partial charge is 0.311 e. The second kappa shape index (κ2) is 4.90. The van der Waals surface area contributed by atoms with Gasteiger partial charge in [0, 0.05) is 0 Å². The molecule has 90 valence electrons. The Kier molecular flexibility index (Phi) is 3.68. The number of nitrogens with one attached hydrogen (secondary N) is 2. The number of hydrogen-bond donors (Lipinski definition) is 2. The first-order chi connectivity index (χ1) is 7.98. The van der Waals surface area contributed by atoms with Crippen molar-refractivity contribution in [1.82, 2.24) is 5.32 Å². The van der Waals surface area contributed by atoms with Crippen molar-refractivity contribution in [3.63, 3.8) is 0 Å². The van der Waals surface area contributed by atoms with Crippen LogP contribution in [-0.2, 0) is 0 Å². The number of amidine groups is 2. The van der Waals surface area contributed by atoms with Gasteiger partial charge in [-0.25, -0.2) is 0 Å². The molecule has 1 aromatic carbocycles. The van der Waals surface area contributed by atoms with Gasteiger partial charge in [0.25, 0.3) is 0 Å². The van der Waals surface area contributed by atoms with Crippen LogP contribution in [0, 0.1) is 0 Å². The summed E-state index contributed by atoms with van der Waals surface area (Å²) >= 11 is 23.5. The van der Waals surface area contributed by atoms with E-state index in [0.717, 1.165) is 0 Å². The molecule has 2 N–H and O–H groups in total.